The Morgan fingerprint density at radius 3 is 2.35 bits per heavy atom. The van der Waals surface area contributed by atoms with E-state index >= 15 is 0 Å². The van der Waals surface area contributed by atoms with Gasteiger partial charge in [0.05, 0.1) is 7.11 Å². The van der Waals surface area contributed by atoms with Crippen molar-refractivity contribution in [2.24, 2.45) is 0 Å². The van der Waals surface area contributed by atoms with Crippen molar-refractivity contribution >= 4 is 5.69 Å². The molecule has 1 aliphatic rings. The summed E-state index contributed by atoms with van der Waals surface area (Å²) in [5, 5.41) is 10.3. The largest absolute Gasteiger partial charge is 0.497 e. The van der Waals surface area contributed by atoms with Gasteiger partial charge in [-0.25, -0.2) is 0 Å². The molecule has 1 heterocycles. The van der Waals surface area contributed by atoms with Gasteiger partial charge in [0.25, 0.3) is 0 Å². The molecule has 0 aliphatic carbocycles. The normalized spacial score (nSPS) is 16.3. The highest BCUT2D eigenvalue weighted by molar-refractivity contribution is 5.48. The van der Waals surface area contributed by atoms with Crippen molar-refractivity contribution in [1.29, 1.82) is 0 Å². The smallest absolute Gasteiger partial charge is 0.119 e. The molecule has 2 aromatic carbocycles. The lowest BCUT2D eigenvalue weighted by atomic mass is 10.2. The van der Waals surface area contributed by atoms with E-state index in [4.69, 9.17) is 9.47 Å². The summed E-state index contributed by atoms with van der Waals surface area (Å²) in [4.78, 5) is 4.71. The van der Waals surface area contributed by atoms with Gasteiger partial charge in [0.2, 0.25) is 0 Å². The lowest BCUT2D eigenvalue weighted by Crippen LogP contribution is -2.49. The summed E-state index contributed by atoms with van der Waals surface area (Å²) in [5.41, 5.74) is 2.57. The van der Waals surface area contributed by atoms with E-state index in [0.717, 1.165) is 37.7 Å². The number of hydrogen-bond donors (Lipinski definition) is 1. The Bertz CT molecular complexity index is 682. The summed E-state index contributed by atoms with van der Waals surface area (Å²) in [6.45, 7) is 6.92. The molecule has 1 fully saturated rings. The van der Waals surface area contributed by atoms with Gasteiger partial charge < -0.3 is 19.5 Å². The molecule has 140 valence electrons. The Labute approximate surface area is 155 Å². The number of ether oxygens (including phenoxy) is 2. The molecule has 1 N–H and O–H groups in total. The van der Waals surface area contributed by atoms with E-state index < -0.39 is 6.10 Å². The van der Waals surface area contributed by atoms with Gasteiger partial charge in [-0.3, -0.25) is 4.90 Å². The summed E-state index contributed by atoms with van der Waals surface area (Å²) in [6.07, 6.45) is -0.498. The van der Waals surface area contributed by atoms with Gasteiger partial charge in [-0.05, 0) is 48.9 Å². The third-order valence-corrected chi connectivity index (χ3v) is 4.71. The molecule has 5 nitrogen and oxygen atoms in total. The van der Waals surface area contributed by atoms with Crippen molar-refractivity contribution in [2.45, 2.75) is 13.0 Å². The number of benzene rings is 2. The average Bonchev–Trinajstić information content (AvgIpc) is 2.67. The maximum absolute atomic E-state index is 10.3. The zero-order valence-corrected chi connectivity index (χ0v) is 15.6. The molecule has 0 amide bonds. The predicted molar refractivity (Wildman–Crippen MR) is 104 cm³/mol. The van der Waals surface area contributed by atoms with Crippen LogP contribution in [-0.4, -0.2) is 62.6 Å². The van der Waals surface area contributed by atoms with Gasteiger partial charge in [-0.15, -0.1) is 0 Å². The number of methoxy groups -OCH3 is 1. The maximum atomic E-state index is 10.3. The molecule has 0 saturated carbocycles. The first-order chi connectivity index (χ1) is 12.6. The second kappa shape index (κ2) is 8.92. The third kappa shape index (κ3) is 5.13. The molecular weight excluding hydrogens is 328 g/mol. The number of aliphatic hydroxyl groups is 1. The van der Waals surface area contributed by atoms with Gasteiger partial charge >= 0.3 is 0 Å². The first-order valence-corrected chi connectivity index (χ1v) is 9.13. The highest BCUT2D eigenvalue weighted by Gasteiger charge is 2.19. The first kappa shape index (κ1) is 18.5. The van der Waals surface area contributed by atoms with Gasteiger partial charge in [0, 0.05) is 38.4 Å². The van der Waals surface area contributed by atoms with E-state index in [1.54, 1.807) is 7.11 Å². The van der Waals surface area contributed by atoms with Crippen molar-refractivity contribution in [2.75, 3.05) is 51.3 Å². The molecule has 0 spiro atoms. The summed E-state index contributed by atoms with van der Waals surface area (Å²) in [5.74, 6) is 1.54. The summed E-state index contributed by atoms with van der Waals surface area (Å²) < 4.78 is 10.8. The molecule has 0 aromatic heterocycles. The maximum Gasteiger partial charge on any atom is 0.119 e. The van der Waals surface area contributed by atoms with Gasteiger partial charge in [0.15, 0.2) is 0 Å². The molecule has 0 bridgehead atoms. The molecule has 5 heteroatoms. The number of nitrogens with zero attached hydrogens (tertiary/aromatic N) is 2. The minimum Gasteiger partial charge on any atom is -0.497 e. The van der Waals surface area contributed by atoms with Crippen molar-refractivity contribution in [3.63, 3.8) is 0 Å². The number of aliphatic hydroxyl groups excluding tert-OH is 1. The minimum absolute atomic E-state index is 0.296. The molecule has 2 aromatic rings. The van der Waals surface area contributed by atoms with Crippen molar-refractivity contribution in [1.82, 2.24) is 4.90 Å². The van der Waals surface area contributed by atoms with Crippen molar-refractivity contribution < 1.29 is 14.6 Å². The molecule has 0 radical (unpaired) electrons. The fourth-order valence-electron chi connectivity index (χ4n) is 3.23. The van der Waals surface area contributed by atoms with Crippen molar-refractivity contribution in [3.05, 3.63) is 54.1 Å². The van der Waals surface area contributed by atoms with Crippen LogP contribution in [0.5, 0.6) is 11.5 Å². The Morgan fingerprint density at radius 1 is 1.00 bits per heavy atom. The van der Waals surface area contributed by atoms with Crippen LogP contribution in [0.15, 0.2) is 48.5 Å². The van der Waals surface area contributed by atoms with Crippen LogP contribution in [0, 0.1) is 6.92 Å². The molecule has 1 aliphatic heterocycles. The van der Waals surface area contributed by atoms with Gasteiger partial charge in [-0.1, -0.05) is 12.1 Å². The lowest BCUT2D eigenvalue weighted by molar-refractivity contribution is 0.0663. The highest BCUT2D eigenvalue weighted by Crippen LogP contribution is 2.19. The van der Waals surface area contributed by atoms with Crippen LogP contribution in [-0.2, 0) is 0 Å². The zero-order chi connectivity index (χ0) is 18.4. The molecular formula is C21H28N2O3. The number of piperazine rings is 1. The number of rotatable bonds is 7. The Kier molecular flexibility index (Phi) is 6.36. The van der Waals surface area contributed by atoms with E-state index in [1.807, 2.05) is 24.3 Å². The fourth-order valence-corrected chi connectivity index (χ4v) is 3.23. The van der Waals surface area contributed by atoms with E-state index in [0.29, 0.717) is 13.2 Å². The number of aryl methyl sites for hydroxylation is 1. The molecule has 3 rings (SSSR count). The Morgan fingerprint density at radius 2 is 1.69 bits per heavy atom. The predicted octanol–water partition coefficient (Wildman–Crippen LogP) is 2.57. The number of hydrogen-bond acceptors (Lipinski definition) is 5. The second-order valence-electron chi connectivity index (χ2n) is 6.77. The fraction of sp³-hybridized carbons (Fsp3) is 0.429. The molecule has 1 saturated heterocycles. The van der Waals surface area contributed by atoms with Crippen LogP contribution in [0.2, 0.25) is 0 Å². The van der Waals surface area contributed by atoms with Crippen LogP contribution in [0.1, 0.15) is 5.56 Å². The zero-order valence-electron chi connectivity index (χ0n) is 15.6. The van der Waals surface area contributed by atoms with Crippen LogP contribution >= 0.6 is 0 Å². The first-order valence-electron chi connectivity index (χ1n) is 9.13. The quantitative estimate of drug-likeness (QED) is 0.826. The summed E-state index contributed by atoms with van der Waals surface area (Å²) in [6, 6.07) is 16.0. The van der Waals surface area contributed by atoms with E-state index in [1.165, 1.54) is 11.3 Å². The Hall–Kier alpha value is -2.24. The summed E-state index contributed by atoms with van der Waals surface area (Å²) >= 11 is 0. The third-order valence-electron chi connectivity index (χ3n) is 4.71. The Balaban J connectivity index is 1.40. The van der Waals surface area contributed by atoms with Crippen LogP contribution in [0.3, 0.4) is 0 Å². The monoisotopic (exact) mass is 356 g/mol. The van der Waals surface area contributed by atoms with Gasteiger partial charge in [-0.2, -0.15) is 0 Å². The number of β-amino-alcohol motifs (C(OH)–C–C–N with tert-alkyl or cyclic N) is 1. The second-order valence-corrected chi connectivity index (χ2v) is 6.77. The van der Waals surface area contributed by atoms with Crippen LogP contribution < -0.4 is 14.4 Å². The highest BCUT2D eigenvalue weighted by atomic mass is 16.5. The standard InChI is InChI=1S/C21H28N2O3/c1-17-4-3-5-18(14-17)23-12-10-22(11-13-23)15-19(24)16-26-21-8-6-20(25-2)7-9-21/h3-9,14,19,24H,10-13,15-16H2,1-2H3. The van der Waals surface area contributed by atoms with E-state index in [9.17, 15) is 5.11 Å². The molecule has 26 heavy (non-hydrogen) atoms. The van der Waals surface area contributed by atoms with Crippen LogP contribution in [0.4, 0.5) is 5.69 Å². The minimum atomic E-state index is -0.498. The van der Waals surface area contributed by atoms with Crippen molar-refractivity contribution in [3.8, 4) is 11.5 Å². The summed E-state index contributed by atoms with van der Waals surface area (Å²) in [7, 11) is 1.64. The number of anilines is 1. The van der Waals surface area contributed by atoms with E-state index in [-0.39, 0.29) is 0 Å². The lowest BCUT2D eigenvalue weighted by Gasteiger charge is -2.37. The van der Waals surface area contributed by atoms with E-state index in [2.05, 4.69) is 41.0 Å². The SMILES string of the molecule is COc1ccc(OCC(O)CN2CCN(c3cccc(C)c3)CC2)cc1. The average molecular weight is 356 g/mol. The molecule has 1 unspecified atom stereocenters. The van der Waals surface area contributed by atoms with Crippen LogP contribution in [0.25, 0.3) is 0 Å². The topological polar surface area (TPSA) is 45.2 Å². The molecule has 1 atom stereocenters. The van der Waals surface area contributed by atoms with Gasteiger partial charge in [0.1, 0.15) is 24.2 Å².